The van der Waals surface area contributed by atoms with Crippen LogP contribution in [-0.2, 0) is 10.4 Å². The Morgan fingerprint density at radius 1 is 1.22 bits per heavy atom. The summed E-state index contributed by atoms with van der Waals surface area (Å²) in [7, 11) is 0. The van der Waals surface area contributed by atoms with Crippen LogP contribution in [0, 0.1) is 0 Å². The average Bonchev–Trinajstić information content (AvgIpc) is 2.83. The van der Waals surface area contributed by atoms with Crippen molar-refractivity contribution in [2.45, 2.75) is 57.2 Å². The molecule has 2 saturated heterocycles. The third kappa shape index (κ3) is 3.43. The van der Waals surface area contributed by atoms with Crippen molar-refractivity contribution >= 4 is 5.91 Å². The van der Waals surface area contributed by atoms with E-state index in [4.69, 9.17) is 0 Å². The van der Waals surface area contributed by atoms with E-state index in [0.717, 1.165) is 44.5 Å². The maximum Gasteiger partial charge on any atom is 0.226 e. The molecule has 2 bridgehead atoms. The minimum Gasteiger partial charge on any atom is -0.385 e. The van der Waals surface area contributed by atoms with Gasteiger partial charge in [-0.15, -0.1) is 0 Å². The lowest BCUT2D eigenvalue weighted by molar-refractivity contribution is -0.139. The maximum atomic E-state index is 12.9. The lowest BCUT2D eigenvalue weighted by Gasteiger charge is -2.32. The fraction of sp³-hybridized carbons (Fsp3) is 0.632. The van der Waals surface area contributed by atoms with Crippen molar-refractivity contribution in [2.24, 2.45) is 0 Å². The van der Waals surface area contributed by atoms with Gasteiger partial charge in [0.15, 0.2) is 0 Å². The van der Waals surface area contributed by atoms with Crippen LogP contribution in [0.3, 0.4) is 0 Å². The largest absolute Gasteiger partial charge is 0.385 e. The van der Waals surface area contributed by atoms with Gasteiger partial charge in [-0.05, 0) is 38.3 Å². The molecule has 2 aliphatic rings. The van der Waals surface area contributed by atoms with E-state index in [-0.39, 0.29) is 12.3 Å². The highest BCUT2D eigenvalue weighted by Crippen LogP contribution is 2.33. The van der Waals surface area contributed by atoms with Crippen molar-refractivity contribution in [1.82, 2.24) is 9.80 Å². The summed E-state index contributed by atoms with van der Waals surface area (Å²) in [6.07, 6.45) is 3.43. The minimum atomic E-state index is -1.10. The fourth-order valence-electron chi connectivity index (χ4n) is 4.12. The van der Waals surface area contributed by atoms with Crippen molar-refractivity contribution in [3.8, 4) is 0 Å². The molecule has 2 heterocycles. The Bertz CT molecular complexity index is 544. The van der Waals surface area contributed by atoms with E-state index in [0.29, 0.717) is 12.1 Å². The SMILES string of the molecule is CCN1CCC2CCC(C1)N2C(=O)CC(C)(O)c1ccccc1. The van der Waals surface area contributed by atoms with Crippen molar-refractivity contribution in [1.29, 1.82) is 0 Å². The van der Waals surface area contributed by atoms with E-state index >= 15 is 0 Å². The van der Waals surface area contributed by atoms with Crippen LogP contribution in [0.5, 0.6) is 0 Å². The van der Waals surface area contributed by atoms with E-state index in [1.165, 1.54) is 0 Å². The van der Waals surface area contributed by atoms with Gasteiger partial charge in [0.2, 0.25) is 5.91 Å². The maximum absolute atomic E-state index is 12.9. The number of likely N-dealkylation sites (N-methyl/N-ethyl adjacent to an activating group) is 1. The third-order valence-electron chi connectivity index (χ3n) is 5.49. The van der Waals surface area contributed by atoms with Gasteiger partial charge in [0.25, 0.3) is 0 Å². The summed E-state index contributed by atoms with van der Waals surface area (Å²) in [4.78, 5) is 17.5. The van der Waals surface area contributed by atoms with Gasteiger partial charge in [-0.25, -0.2) is 0 Å². The predicted octanol–water partition coefficient (Wildman–Crippen LogP) is 2.37. The smallest absolute Gasteiger partial charge is 0.226 e. The third-order valence-corrected chi connectivity index (χ3v) is 5.49. The van der Waals surface area contributed by atoms with Gasteiger partial charge in [0, 0.05) is 25.2 Å². The summed E-state index contributed by atoms with van der Waals surface area (Å²) in [5.74, 6) is 0.101. The summed E-state index contributed by atoms with van der Waals surface area (Å²) in [6.45, 7) is 7.04. The first-order valence-corrected chi connectivity index (χ1v) is 8.82. The van der Waals surface area contributed by atoms with Crippen molar-refractivity contribution < 1.29 is 9.90 Å². The van der Waals surface area contributed by atoms with Crippen LogP contribution in [0.25, 0.3) is 0 Å². The van der Waals surface area contributed by atoms with E-state index in [1.54, 1.807) is 6.92 Å². The van der Waals surface area contributed by atoms with E-state index in [9.17, 15) is 9.90 Å². The molecule has 3 rings (SSSR count). The van der Waals surface area contributed by atoms with Crippen LogP contribution in [-0.4, -0.2) is 52.5 Å². The molecule has 0 spiro atoms. The highest BCUT2D eigenvalue weighted by atomic mass is 16.3. The van der Waals surface area contributed by atoms with E-state index in [1.807, 2.05) is 30.3 Å². The number of hydrogen-bond acceptors (Lipinski definition) is 3. The molecule has 0 aromatic heterocycles. The van der Waals surface area contributed by atoms with Crippen molar-refractivity contribution in [2.75, 3.05) is 19.6 Å². The van der Waals surface area contributed by atoms with Gasteiger partial charge in [-0.1, -0.05) is 37.3 Å². The Hall–Kier alpha value is -1.39. The molecule has 0 radical (unpaired) electrons. The predicted molar refractivity (Wildman–Crippen MR) is 91.0 cm³/mol. The molecule has 0 aliphatic carbocycles. The number of amides is 1. The zero-order valence-corrected chi connectivity index (χ0v) is 14.2. The molecule has 0 saturated carbocycles. The lowest BCUT2D eigenvalue weighted by Crippen LogP contribution is -2.45. The highest BCUT2D eigenvalue weighted by molar-refractivity contribution is 5.78. The Balaban J connectivity index is 1.73. The first-order valence-electron chi connectivity index (χ1n) is 8.82. The molecule has 2 aliphatic heterocycles. The second-order valence-electron chi connectivity index (χ2n) is 7.18. The standard InChI is InChI=1S/C19H28N2O2/c1-3-20-12-11-16-9-10-17(14-20)21(16)18(22)13-19(2,23)15-7-5-4-6-8-15/h4-8,16-17,23H,3,9-14H2,1-2H3. The van der Waals surface area contributed by atoms with Crippen LogP contribution in [0.15, 0.2) is 30.3 Å². The molecule has 2 fully saturated rings. The average molecular weight is 316 g/mol. The van der Waals surface area contributed by atoms with Crippen LogP contribution in [0.2, 0.25) is 0 Å². The van der Waals surface area contributed by atoms with E-state index in [2.05, 4.69) is 16.7 Å². The molecule has 4 heteroatoms. The molecule has 3 unspecified atom stereocenters. The number of likely N-dealkylation sites (tertiary alicyclic amines) is 1. The zero-order chi connectivity index (χ0) is 16.4. The van der Waals surface area contributed by atoms with Gasteiger partial charge in [-0.2, -0.15) is 0 Å². The first-order chi connectivity index (χ1) is 11.0. The molecular weight excluding hydrogens is 288 g/mol. The second-order valence-corrected chi connectivity index (χ2v) is 7.18. The number of nitrogens with zero attached hydrogens (tertiary/aromatic N) is 2. The Kier molecular flexibility index (Phi) is 4.74. The van der Waals surface area contributed by atoms with Crippen molar-refractivity contribution in [3.05, 3.63) is 35.9 Å². The highest BCUT2D eigenvalue weighted by Gasteiger charge is 2.41. The monoisotopic (exact) mass is 316 g/mol. The van der Waals surface area contributed by atoms with Crippen LogP contribution >= 0.6 is 0 Å². The molecule has 126 valence electrons. The Labute approximate surface area is 139 Å². The van der Waals surface area contributed by atoms with Gasteiger partial charge < -0.3 is 14.9 Å². The lowest BCUT2D eigenvalue weighted by atomic mass is 9.91. The number of carbonyl (C=O) groups excluding carboxylic acids is 1. The number of benzene rings is 1. The Morgan fingerprint density at radius 3 is 2.61 bits per heavy atom. The number of hydrogen-bond donors (Lipinski definition) is 1. The quantitative estimate of drug-likeness (QED) is 0.927. The van der Waals surface area contributed by atoms with Gasteiger partial charge >= 0.3 is 0 Å². The van der Waals surface area contributed by atoms with Gasteiger partial charge in [-0.3, -0.25) is 4.79 Å². The topological polar surface area (TPSA) is 43.8 Å². The number of carbonyl (C=O) groups is 1. The number of rotatable bonds is 4. The number of aliphatic hydroxyl groups is 1. The molecule has 23 heavy (non-hydrogen) atoms. The normalized spacial score (nSPS) is 27.5. The van der Waals surface area contributed by atoms with Gasteiger partial charge in [0.05, 0.1) is 12.0 Å². The van der Waals surface area contributed by atoms with Gasteiger partial charge in [0.1, 0.15) is 0 Å². The zero-order valence-electron chi connectivity index (χ0n) is 14.2. The molecule has 1 N–H and O–H groups in total. The first kappa shape index (κ1) is 16.5. The molecule has 3 atom stereocenters. The van der Waals surface area contributed by atoms with Crippen LogP contribution < -0.4 is 0 Å². The minimum absolute atomic E-state index is 0.101. The molecule has 1 aromatic rings. The number of fused-ring (bicyclic) bond motifs is 2. The molecular formula is C19H28N2O2. The van der Waals surface area contributed by atoms with Crippen LogP contribution in [0.1, 0.15) is 45.1 Å². The second kappa shape index (κ2) is 6.62. The molecule has 1 amide bonds. The molecule has 1 aromatic carbocycles. The molecule has 4 nitrogen and oxygen atoms in total. The van der Waals surface area contributed by atoms with Crippen LogP contribution in [0.4, 0.5) is 0 Å². The van der Waals surface area contributed by atoms with E-state index < -0.39 is 5.60 Å². The summed E-state index contributed by atoms with van der Waals surface area (Å²) < 4.78 is 0. The fourth-order valence-corrected chi connectivity index (χ4v) is 4.12. The summed E-state index contributed by atoms with van der Waals surface area (Å²) >= 11 is 0. The summed E-state index contributed by atoms with van der Waals surface area (Å²) in [5.41, 5.74) is -0.292. The summed E-state index contributed by atoms with van der Waals surface area (Å²) in [6, 6.07) is 10.2. The summed E-state index contributed by atoms with van der Waals surface area (Å²) in [5, 5.41) is 10.8. The Morgan fingerprint density at radius 2 is 1.91 bits per heavy atom. The van der Waals surface area contributed by atoms with Crippen molar-refractivity contribution in [3.63, 3.8) is 0 Å².